The molecule has 0 bridgehead atoms. The second-order valence-corrected chi connectivity index (χ2v) is 6.31. The Hall–Kier alpha value is -1.35. The molecule has 2 atom stereocenters. The fourth-order valence-corrected chi connectivity index (χ4v) is 2.99. The first-order valence-electron chi connectivity index (χ1n) is 7.83. The van der Waals surface area contributed by atoms with Crippen LogP contribution < -0.4 is 10.6 Å². The SMILES string of the molecule is CN=C(NCc1nc(C)c(C)o1)NC1CC1c1c(F)cccc1Cl.I. The first-order valence-corrected chi connectivity index (χ1v) is 8.21. The lowest BCUT2D eigenvalue weighted by molar-refractivity contribution is 0.463. The molecular weight excluding hydrogens is 458 g/mol. The van der Waals surface area contributed by atoms with Gasteiger partial charge in [-0.15, -0.1) is 24.0 Å². The Morgan fingerprint density at radius 1 is 1.44 bits per heavy atom. The maximum absolute atomic E-state index is 14.0. The van der Waals surface area contributed by atoms with Crippen LogP contribution in [0.1, 0.15) is 35.2 Å². The van der Waals surface area contributed by atoms with Crippen LogP contribution in [0.3, 0.4) is 0 Å². The van der Waals surface area contributed by atoms with Crippen molar-refractivity contribution in [2.75, 3.05) is 7.05 Å². The topological polar surface area (TPSA) is 62.5 Å². The zero-order valence-corrected chi connectivity index (χ0v) is 17.4. The number of oxazole rings is 1. The minimum atomic E-state index is -0.259. The van der Waals surface area contributed by atoms with Crippen LogP contribution in [0.15, 0.2) is 27.6 Å². The molecule has 136 valence electrons. The molecule has 0 spiro atoms. The Balaban J connectivity index is 0.00000225. The van der Waals surface area contributed by atoms with Gasteiger partial charge in [0.25, 0.3) is 0 Å². The Morgan fingerprint density at radius 2 is 2.20 bits per heavy atom. The normalized spacial score (nSPS) is 19.3. The van der Waals surface area contributed by atoms with Gasteiger partial charge in [-0.3, -0.25) is 4.99 Å². The van der Waals surface area contributed by atoms with E-state index in [9.17, 15) is 4.39 Å². The molecule has 2 N–H and O–H groups in total. The van der Waals surface area contributed by atoms with Crippen molar-refractivity contribution >= 4 is 41.5 Å². The third-order valence-corrected chi connectivity index (χ3v) is 4.52. The highest BCUT2D eigenvalue weighted by Gasteiger charge is 2.41. The Bertz CT molecular complexity index is 740. The molecule has 1 aliphatic rings. The van der Waals surface area contributed by atoms with Gasteiger partial charge in [0, 0.05) is 29.6 Å². The minimum absolute atomic E-state index is 0. The number of nitrogens with one attached hydrogen (secondary N) is 2. The summed E-state index contributed by atoms with van der Waals surface area (Å²) < 4.78 is 19.5. The lowest BCUT2D eigenvalue weighted by Crippen LogP contribution is -2.38. The average Bonchev–Trinajstić information content (AvgIpc) is 3.21. The molecule has 1 fully saturated rings. The van der Waals surface area contributed by atoms with E-state index in [0.29, 0.717) is 29.0 Å². The first-order chi connectivity index (χ1) is 11.5. The van der Waals surface area contributed by atoms with Crippen LogP contribution in [-0.2, 0) is 6.54 Å². The minimum Gasteiger partial charge on any atom is -0.444 e. The van der Waals surface area contributed by atoms with Crippen LogP contribution in [0, 0.1) is 19.7 Å². The Morgan fingerprint density at radius 3 is 2.80 bits per heavy atom. The van der Waals surface area contributed by atoms with E-state index in [1.54, 1.807) is 19.2 Å². The highest BCUT2D eigenvalue weighted by atomic mass is 127. The zero-order chi connectivity index (χ0) is 17.3. The molecule has 0 aliphatic heterocycles. The summed E-state index contributed by atoms with van der Waals surface area (Å²) in [5, 5.41) is 6.90. The monoisotopic (exact) mass is 478 g/mol. The van der Waals surface area contributed by atoms with Gasteiger partial charge in [-0.2, -0.15) is 0 Å². The van der Waals surface area contributed by atoms with Crippen molar-refractivity contribution in [3.05, 3.63) is 51.9 Å². The van der Waals surface area contributed by atoms with Gasteiger partial charge in [0.1, 0.15) is 11.6 Å². The van der Waals surface area contributed by atoms with Gasteiger partial charge in [0.15, 0.2) is 5.96 Å². The van der Waals surface area contributed by atoms with E-state index in [-0.39, 0.29) is 41.8 Å². The molecule has 1 saturated carbocycles. The summed E-state index contributed by atoms with van der Waals surface area (Å²) in [7, 11) is 1.69. The summed E-state index contributed by atoms with van der Waals surface area (Å²) in [6.07, 6.45) is 0.818. The predicted molar refractivity (Wildman–Crippen MR) is 107 cm³/mol. The summed E-state index contributed by atoms with van der Waals surface area (Å²) in [6, 6.07) is 4.89. The van der Waals surface area contributed by atoms with Crippen LogP contribution in [0.25, 0.3) is 0 Å². The van der Waals surface area contributed by atoms with Crippen molar-refractivity contribution < 1.29 is 8.81 Å². The molecule has 0 saturated heterocycles. The van der Waals surface area contributed by atoms with Crippen molar-refractivity contribution in [2.45, 2.75) is 38.8 Å². The smallest absolute Gasteiger partial charge is 0.214 e. The lowest BCUT2D eigenvalue weighted by atomic mass is 10.1. The number of guanidine groups is 1. The van der Waals surface area contributed by atoms with Crippen molar-refractivity contribution in [3.63, 3.8) is 0 Å². The van der Waals surface area contributed by atoms with Gasteiger partial charge in [-0.05, 0) is 32.4 Å². The summed E-state index contributed by atoms with van der Waals surface area (Å²) in [5.41, 5.74) is 1.46. The molecule has 5 nitrogen and oxygen atoms in total. The molecule has 25 heavy (non-hydrogen) atoms. The van der Waals surface area contributed by atoms with E-state index in [4.69, 9.17) is 16.0 Å². The van der Waals surface area contributed by atoms with E-state index < -0.39 is 0 Å². The molecule has 1 aliphatic carbocycles. The Labute approximate surface area is 168 Å². The van der Waals surface area contributed by atoms with Gasteiger partial charge in [-0.1, -0.05) is 17.7 Å². The number of halogens is 3. The van der Waals surface area contributed by atoms with E-state index >= 15 is 0 Å². The summed E-state index contributed by atoms with van der Waals surface area (Å²) in [4.78, 5) is 8.50. The molecule has 8 heteroatoms. The molecule has 2 aromatic rings. The zero-order valence-electron chi connectivity index (χ0n) is 14.3. The second-order valence-electron chi connectivity index (χ2n) is 5.90. The summed E-state index contributed by atoms with van der Waals surface area (Å²) in [6.45, 7) is 4.22. The number of benzene rings is 1. The summed E-state index contributed by atoms with van der Waals surface area (Å²) >= 11 is 6.12. The van der Waals surface area contributed by atoms with Crippen LogP contribution in [0.2, 0.25) is 5.02 Å². The summed E-state index contributed by atoms with van der Waals surface area (Å²) in [5.74, 6) is 1.85. The van der Waals surface area contributed by atoms with Crippen LogP contribution in [-0.4, -0.2) is 24.0 Å². The number of aliphatic imine (C=N–C) groups is 1. The standard InChI is InChI=1S/C17H20ClFN4O.HI/c1-9-10(2)24-15(22-9)8-21-17(20-3)23-14-7-11(14)16-12(18)5-4-6-13(16)19;/h4-6,11,14H,7-8H2,1-3H3,(H2,20,21,23);1H. The molecular formula is C17H21ClFIN4O. The number of nitrogens with zero attached hydrogens (tertiary/aromatic N) is 2. The van der Waals surface area contributed by atoms with Gasteiger partial charge >= 0.3 is 0 Å². The molecule has 3 rings (SSSR count). The molecule has 0 radical (unpaired) electrons. The van der Waals surface area contributed by atoms with Crippen LogP contribution in [0.4, 0.5) is 4.39 Å². The van der Waals surface area contributed by atoms with Gasteiger partial charge < -0.3 is 15.1 Å². The third-order valence-electron chi connectivity index (χ3n) is 4.19. The van der Waals surface area contributed by atoms with Crippen molar-refractivity contribution in [2.24, 2.45) is 4.99 Å². The quantitative estimate of drug-likeness (QED) is 0.397. The predicted octanol–water partition coefficient (Wildman–Crippen LogP) is 3.92. The number of hydrogen-bond acceptors (Lipinski definition) is 3. The fourth-order valence-electron chi connectivity index (χ4n) is 2.68. The fraction of sp³-hybridized carbons (Fsp3) is 0.412. The highest BCUT2D eigenvalue weighted by Crippen LogP contribution is 2.44. The van der Waals surface area contributed by atoms with Crippen molar-refractivity contribution in [1.82, 2.24) is 15.6 Å². The van der Waals surface area contributed by atoms with Gasteiger partial charge in [-0.25, -0.2) is 9.37 Å². The third kappa shape index (κ3) is 4.63. The average molecular weight is 479 g/mol. The van der Waals surface area contributed by atoms with E-state index in [0.717, 1.165) is 17.9 Å². The Kier molecular flexibility index (Phi) is 6.67. The lowest BCUT2D eigenvalue weighted by Gasteiger charge is -2.11. The van der Waals surface area contributed by atoms with E-state index in [2.05, 4.69) is 20.6 Å². The maximum Gasteiger partial charge on any atom is 0.214 e. The molecule has 2 unspecified atom stereocenters. The van der Waals surface area contributed by atoms with Crippen molar-refractivity contribution in [1.29, 1.82) is 0 Å². The van der Waals surface area contributed by atoms with Crippen LogP contribution in [0.5, 0.6) is 0 Å². The number of aryl methyl sites for hydroxylation is 2. The highest BCUT2D eigenvalue weighted by molar-refractivity contribution is 14.0. The van der Waals surface area contributed by atoms with Gasteiger partial charge in [0.2, 0.25) is 5.89 Å². The molecule has 1 heterocycles. The molecule has 0 amide bonds. The van der Waals surface area contributed by atoms with Crippen LogP contribution >= 0.6 is 35.6 Å². The molecule has 1 aromatic carbocycles. The van der Waals surface area contributed by atoms with Gasteiger partial charge in [0.05, 0.1) is 12.2 Å². The number of rotatable bonds is 4. The number of aromatic nitrogens is 1. The first kappa shape index (κ1) is 20.0. The van der Waals surface area contributed by atoms with E-state index in [1.165, 1.54) is 6.07 Å². The molecule has 1 aromatic heterocycles. The number of hydrogen-bond donors (Lipinski definition) is 2. The maximum atomic E-state index is 14.0. The second kappa shape index (κ2) is 8.35. The largest absolute Gasteiger partial charge is 0.444 e. The van der Waals surface area contributed by atoms with E-state index in [1.807, 2.05) is 13.8 Å². The van der Waals surface area contributed by atoms with Crippen molar-refractivity contribution in [3.8, 4) is 0 Å².